The van der Waals surface area contributed by atoms with Gasteiger partial charge in [0.25, 0.3) is 0 Å². The minimum Gasteiger partial charge on any atom is -0.497 e. The molecule has 0 amide bonds. The monoisotopic (exact) mass is 399 g/mol. The zero-order valence-electron chi connectivity index (χ0n) is 16.8. The molecule has 1 aliphatic heterocycles. The first-order valence-electron chi connectivity index (χ1n) is 9.94. The number of benzene rings is 2. The second-order valence-corrected chi connectivity index (χ2v) is 8.49. The molecule has 0 saturated heterocycles. The van der Waals surface area contributed by atoms with E-state index in [1.165, 1.54) is 11.8 Å². The average molecular weight is 400 g/mol. The van der Waals surface area contributed by atoms with Gasteiger partial charge in [0.2, 0.25) is 0 Å². The molecule has 0 bridgehead atoms. The van der Waals surface area contributed by atoms with Crippen molar-refractivity contribution in [1.29, 1.82) is 0 Å². The van der Waals surface area contributed by atoms with Gasteiger partial charge < -0.3 is 9.84 Å². The highest BCUT2D eigenvalue weighted by molar-refractivity contribution is 8.00. The van der Waals surface area contributed by atoms with E-state index >= 15 is 0 Å². The Bertz CT molecular complexity index is 811. The second-order valence-electron chi connectivity index (χ2n) is 7.34. The van der Waals surface area contributed by atoms with Crippen molar-refractivity contribution in [3.05, 3.63) is 59.7 Å². The van der Waals surface area contributed by atoms with Crippen LogP contribution in [-0.4, -0.2) is 29.0 Å². The number of unbranched alkanes of at least 4 members (excludes halogenated alkanes) is 1. The van der Waals surface area contributed by atoms with E-state index in [1.54, 1.807) is 7.11 Å². The smallest absolute Gasteiger partial charge is 0.318 e. The standard InChI is InChI=1S/C23H29NO3S/c1-4-6-14-23(5-2)21(22(25)26)28-19-13-12-17(27-3)15-18(19)20(24-23)16-10-8-7-9-11-16/h7-13,15,20-21,24H,4-6,14H2,1-3H3,(H,25,26)/t20-,21?,23-/m1/s1. The zero-order chi connectivity index (χ0) is 20.1. The lowest BCUT2D eigenvalue weighted by Crippen LogP contribution is -2.56. The van der Waals surface area contributed by atoms with Crippen LogP contribution in [0.2, 0.25) is 0 Å². The fraction of sp³-hybridized carbons (Fsp3) is 0.435. The van der Waals surface area contributed by atoms with Crippen molar-refractivity contribution in [3.63, 3.8) is 0 Å². The van der Waals surface area contributed by atoms with E-state index in [0.29, 0.717) is 0 Å². The average Bonchev–Trinajstić information content (AvgIpc) is 2.87. The van der Waals surface area contributed by atoms with Crippen LogP contribution in [0.15, 0.2) is 53.4 Å². The van der Waals surface area contributed by atoms with Crippen LogP contribution in [-0.2, 0) is 4.79 Å². The molecule has 1 heterocycles. The van der Waals surface area contributed by atoms with Gasteiger partial charge in [-0.05, 0) is 42.2 Å². The third-order valence-electron chi connectivity index (χ3n) is 5.67. The normalized spacial score (nSPS) is 24.2. The van der Waals surface area contributed by atoms with Crippen molar-refractivity contribution in [2.24, 2.45) is 0 Å². The number of carboxylic acids is 1. The number of hydrogen-bond acceptors (Lipinski definition) is 4. The Hall–Kier alpha value is -1.98. The molecule has 2 aromatic carbocycles. The van der Waals surface area contributed by atoms with Gasteiger partial charge in [0.1, 0.15) is 11.0 Å². The summed E-state index contributed by atoms with van der Waals surface area (Å²) < 4.78 is 5.47. The first-order chi connectivity index (χ1) is 13.5. The lowest BCUT2D eigenvalue weighted by Gasteiger charge is -2.39. The first kappa shape index (κ1) is 20.7. The van der Waals surface area contributed by atoms with Crippen LogP contribution in [0.25, 0.3) is 0 Å². The molecule has 150 valence electrons. The largest absolute Gasteiger partial charge is 0.497 e. The molecule has 0 radical (unpaired) electrons. The number of rotatable bonds is 7. The molecule has 28 heavy (non-hydrogen) atoms. The Morgan fingerprint density at radius 3 is 2.57 bits per heavy atom. The summed E-state index contributed by atoms with van der Waals surface area (Å²) >= 11 is 1.47. The molecule has 1 aliphatic rings. The predicted molar refractivity (Wildman–Crippen MR) is 114 cm³/mol. The van der Waals surface area contributed by atoms with Crippen LogP contribution in [0.5, 0.6) is 5.75 Å². The van der Waals surface area contributed by atoms with Crippen LogP contribution < -0.4 is 10.1 Å². The van der Waals surface area contributed by atoms with Gasteiger partial charge in [-0.25, -0.2) is 0 Å². The van der Waals surface area contributed by atoms with E-state index < -0.39 is 16.8 Å². The molecule has 5 heteroatoms. The Kier molecular flexibility index (Phi) is 6.68. The highest BCUT2D eigenvalue weighted by Gasteiger charge is 2.46. The number of aliphatic carboxylic acids is 1. The Morgan fingerprint density at radius 1 is 1.21 bits per heavy atom. The van der Waals surface area contributed by atoms with Crippen LogP contribution >= 0.6 is 11.8 Å². The molecule has 2 aromatic rings. The van der Waals surface area contributed by atoms with Gasteiger partial charge in [-0.1, -0.05) is 57.0 Å². The summed E-state index contributed by atoms with van der Waals surface area (Å²) in [6, 6.07) is 16.1. The molecular weight excluding hydrogens is 370 g/mol. The third kappa shape index (κ3) is 4.06. The summed E-state index contributed by atoms with van der Waals surface area (Å²) in [5.74, 6) is 0.0254. The minimum atomic E-state index is -0.758. The van der Waals surface area contributed by atoms with Gasteiger partial charge in [-0.3, -0.25) is 10.1 Å². The molecule has 4 nitrogen and oxygen atoms in total. The van der Waals surface area contributed by atoms with Gasteiger partial charge >= 0.3 is 5.97 Å². The van der Waals surface area contributed by atoms with E-state index in [1.807, 2.05) is 36.4 Å². The van der Waals surface area contributed by atoms with E-state index in [-0.39, 0.29) is 6.04 Å². The molecule has 0 spiro atoms. The number of hydrogen-bond donors (Lipinski definition) is 2. The summed E-state index contributed by atoms with van der Waals surface area (Å²) in [6.45, 7) is 4.25. The molecule has 3 rings (SSSR count). The maximum absolute atomic E-state index is 12.3. The minimum absolute atomic E-state index is 0.0834. The third-order valence-corrected chi connectivity index (χ3v) is 7.19. The molecule has 3 atom stereocenters. The lowest BCUT2D eigenvalue weighted by atomic mass is 9.83. The number of nitrogens with one attached hydrogen (secondary N) is 1. The number of fused-ring (bicyclic) bond motifs is 1. The van der Waals surface area contributed by atoms with Gasteiger partial charge in [-0.15, -0.1) is 11.8 Å². The summed E-state index contributed by atoms with van der Waals surface area (Å²) in [4.78, 5) is 13.3. The number of carbonyl (C=O) groups is 1. The molecule has 2 N–H and O–H groups in total. The number of ether oxygens (including phenoxy) is 1. The Morgan fingerprint density at radius 2 is 1.96 bits per heavy atom. The summed E-state index contributed by atoms with van der Waals surface area (Å²) in [5, 5.41) is 13.4. The van der Waals surface area contributed by atoms with E-state index in [9.17, 15) is 9.90 Å². The number of methoxy groups -OCH3 is 1. The summed E-state index contributed by atoms with van der Waals surface area (Å²) in [6.07, 6.45) is 3.62. The van der Waals surface area contributed by atoms with Gasteiger partial charge in [-0.2, -0.15) is 0 Å². The van der Waals surface area contributed by atoms with Crippen LogP contribution in [0.4, 0.5) is 0 Å². The second kappa shape index (κ2) is 9.01. The maximum Gasteiger partial charge on any atom is 0.318 e. The van der Waals surface area contributed by atoms with E-state index in [2.05, 4.69) is 31.3 Å². The number of thioether (sulfide) groups is 1. The van der Waals surface area contributed by atoms with Crippen molar-refractivity contribution in [1.82, 2.24) is 5.32 Å². The summed E-state index contributed by atoms with van der Waals surface area (Å²) in [7, 11) is 1.66. The van der Waals surface area contributed by atoms with Crippen LogP contribution in [0.3, 0.4) is 0 Å². The quantitative estimate of drug-likeness (QED) is 0.664. The molecule has 0 saturated carbocycles. The number of carboxylic acid groups (broad SMARTS) is 1. The molecule has 1 unspecified atom stereocenters. The molecule has 0 aromatic heterocycles. The fourth-order valence-corrected chi connectivity index (χ4v) is 5.41. The van der Waals surface area contributed by atoms with Crippen LogP contribution in [0, 0.1) is 0 Å². The van der Waals surface area contributed by atoms with E-state index in [0.717, 1.165) is 47.5 Å². The van der Waals surface area contributed by atoms with Gasteiger partial charge in [0.05, 0.1) is 13.2 Å². The highest BCUT2D eigenvalue weighted by Crippen LogP contribution is 2.46. The topological polar surface area (TPSA) is 58.6 Å². The van der Waals surface area contributed by atoms with Crippen molar-refractivity contribution in [2.45, 2.75) is 61.3 Å². The zero-order valence-corrected chi connectivity index (χ0v) is 17.6. The molecule has 0 aliphatic carbocycles. The van der Waals surface area contributed by atoms with E-state index in [4.69, 9.17) is 4.74 Å². The maximum atomic E-state index is 12.3. The SMILES string of the molecule is CCCC[C@@]1(CC)N[C@H](c2ccccc2)c2cc(OC)ccc2SC1C(=O)O. The van der Waals surface area contributed by atoms with Crippen molar-refractivity contribution < 1.29 is 14.6 Å². The van der Waals surface area contributed by atoms with Crippen molar-refractivity contribution >= 4 is 17.7 Å². The van der Waals surface area contributed by atoms with Crippen molar-refractivity contribution in [3.8, 4) is 5.75 Å². The Labute approximate surface area is 171 Å². The Balaban J connectivity index is 2.18. The van der Waals surface area contributed by atoms with Gasteiger partial charge in [0, 0.05) is 10.4 Å². The molecule has 0 fully saturated rings. The lowest BCUT2D eigenvalue weighted by molar-refractivity contribution is -0.138. The fourth-order valence-electron chi connectivity index (χ4n) is 4.02. The highest BCUT2D eigenvalue weighted by atomic mass is 32.2. The predicted octanol–water partition coefficient (Wildman–Crippen LogP) is 5.27. The first-order valence-corrected chi connectivity index (χ1v) is 10.8. The molecular formula is C23H29NO3S. The van der Waals surface area contributed by atoms with Gasteiger partial charge in [0.15, 0.2) is 0 Å². The van der Waals surface area contributed by atoms with Crippen LogP contribution in [0.1, 0.15) is 56.7 Å². The summed E-state index contributed by atoms with van der Waals surface area (Å²) in [5.41, 5.74) is 1.73. The van der Waals surface area contributed by atoms with Crippen molar-refractivity contribution in [2.75, 3.05) is 7.11 Å².